The van der Waals surface area contributed by atoms with Gasteiger partial charge in [0.1, 0.15) is 0 Å². The Hall–Kier alpha value is 0.610. The van der Waals surface area contributed by atoms with Crippen LogP contribution in [0.3, 0.4) is 0 Å². The van der Waals surface area contributed by atoms with Crippen molar-refractivity contribution in [2.75, 3.05) is 40.3 Å². The van der Waals surface area contributed by atoms with E-state index in [1.54, 1.807) is 0 Å². The summed E-state index contributed by atoms with van der Waals surface area (Å²) in [5, 5.41) is 3.32. The van der Waals surface area contributed by atoms with Gasteiger partial charge in [-0.15, -0.1) is 0 Å². The van der Waals surface area contributed by atoms with Crippen molar-refractivity contribution < 1.29 is 0 Å². The molecule has 1 aliphatic rings. The van der Waals surface area contributed by atoms with Crippen LogP contribution in [-0.2, 0) is 0 Å². The number of piperidine rings is 1. The van der Waals surface area contributed by atoms with Crippen molar-refractivity contribution in [2.24, 2.45) is 5.41 Å². The topological polar surface area (TPSA) is 27.3 Å². The predicted octanol–water partition coefficient (Wildman–Crippen LogP) is 0.857. The molecule has 3 nitrogen and oxygen atoms in total. The summed E-state index contributed by atoms with van der Waals surface area (Å²) in [6.07, 6.45) is 2.61. The van der Waals surface area contributed by atoms with Gasteiger partial charge in [-0.05, 0) is 45.4 Å². The van der Waals surface area contributed by atoms with E-state index >= 15 is 0 Å². The van der Waals surface area contributed by atoms with Crippen LogP contribution in [0.1, 0.15) is 12.8 Å². The number of hydrogen-bond acceptors (Lipinski definition) is 3. The van der Waals surface area contributed by atoms with Crippen molar-refractivity contribution in [2.45, 2.75) is 12.8 Å². The fourth-order valence-corrected chi connectivity index (χ4v) is 2.83. The van der Waals surface area contributed by atoms with Crippen molar-refractivity contribution in [3.05, 3.63) is 0 Å². The first kappa shape index (κ1) is 11.7. The van der Waals surface area contributed by atoms with Crippen LogP contribution in [0, 0.1) is 5.41 Å². The van der Waals surface area contributed by atoms with E-state index in [1.807, 2.05) is 7.05 Å². The molecule has 0 spiro atoms. The molecule has 0 saturated carbocycles. The summed E-state index contributed by atoms with van der Waals surface area (Å²) in [7, 11) is 4.26. The van der Waals surface area contributed by atoms with Crippen LogP contribution in [0.5, 0.6) is 0 Å². The van der Waals surface area contributed by atoms with Gasteiger partial charge in [0.05, 0.1) is 0 Å². The summed E-state index contributed by atoms with van der Waals surface area (Å²) >= 11 is 2.25. The highest BCUT2D eigenvalue weighted by molar-refractivity contribution is 14.1. The third-order valence-electron chi connectivity index (χ3n) is 3.04. The molecular weight excluding hydrogens is 277 g/mol. The molecule has 0 aromatic rings. The molecule has 0 unspecified atom stereocenters. The number of rotatable bonds is 4. The maximum atomic E-state index is 3.32. The summed E-state index contributed by atoms with van der Waals surface area (Å²) in [6, 6.07) is 0. The van der Waals surface area contributed by atoms with Gasteiger partial charge in [0.25, 0.3) is 0 Å². The molecule has 0 bridgehead atoms. The second kappa shape index (κ2) is 5.48. The number of nitrogens with zero attached hydrogens (tertiary/aromatic N) is 1. The molecule has 0 aliphatic carbocycles. The van der Waals surface area contributed by atoms with E-state index in [0.29, 0.717) is 5.41 Å². The number of nitrogens with one attached hydrogen (secondary N) is 2. The predicted molar refractivity (Wildman–Crippen MR) is 65.1 cm³/mol. The van der Waals surface area contributed by atoms with Gasteiger partial charge >= 0.3 is 0 Å². The van der Waals surface area contributed by atoms with E-state index in [0.717, 1.165) is 13.1 Å². The number of hydrogen-bond donors (Lipinski definition) is 2. The van der Waals surface area contributed by atoms with Crippen molar-refractivity contribution in [1.29, 1.82) is 0 Å². The molecule has 0 atom stereocenters. The molecule has 0 aromatic carbocycles. The molecule has 1 fully saturated rings. The lowest BCUT2D eigenvalue weighted by Crippen LogP contribution is -2.47. The molecule has 0 amide bonds. The van der Waals surface area contributed by atoms with Gasteiger partial charge in [-0.25, -0.2) is 0 Å². The molecule has 1 saturated heterocycles. The maximum absolute atomic E-state index is 3.32. The highest BCUT2D eigenvalue weighted by Gasteiger charge is 2.32. The highest BCUT2D eigenvalue weighted by Crippen LogP contribution is 2.29. The van der Waals surface area contributed by atoms with Gasteiger partial charge in [0.2, 0.25) is 0 Å². The summed E-state index contributed by atoms with van der Waals surface area (Å²) in [5.74, 6) is 0. The number of halogens is 1. The first-order valence-corrected chi connectivity index (χ1v) is 5.97. The Kier molecular flexibility index (Phi) is 4.93. The van der Waals surface area contributed by atoms with Gasteiger partial charge in [-0.1, -0.05) is 0 Å². The zero-order valence-corrected chi connectivity index (χ0v) is 10.7. The quantitative estimate of drug-likeness (QED) is 0.595. The van der Waals surface area contributed by atoms with Crippen LogP contribution in [-0.4, -0.2) is 45.2 Å². The van der Waals surface area contributed by atoms with Gasteiger partial charge in [-0.3, -0.25) is 3.53 Å². The standard InChI is InChI=1S/C9H20IN3/c1-11-7-9(8-12-10)3-5-13(2)6-4-9/h11-12H,3-8H2,1-2H3. The first-order valence-electron chi connectivity index (χ1n) is 4.89. The Bertz CT molecular complexity index is 136. The number of likely N-dealkylation sites (tertiary alicyclic amines) is 1. The Morgan fingerprint density at radius 3 is 2.38 bits per heavy atom. The van der Waals surface area contributed by atoms with Crippen molar-refractivity contribution in [1.82, 2.24) is 13.7 Å². The summed E-state index contributed by atoms with van der Waals surface area (Å²) in [5.41, 5.74) is 0.489. The maximum Gasteiger partial charge on any atom is 0.0169 e. The summed E-state index contributed by atoms with van der Waals surface area (Å²) in [6.45, 7) is 4.74. The molecule has 13 heavy (non-hydrogen) atoms. The lowest BCUT2D eigenvalue weighted by molar-refractivity contribution is 0.127. The molecule has 78 valence electrons. The second-order valence-corrected chi connectivity index (χ2v) is 4.91. The largest absolute Gasteiger partial charge is 0.319 e. The molecular formula is C9H20IN3. The minimum atomic E-state index is 0.489. The smallest absolute Gasteiger partial charge is 0.0169 e. The molecule has 4 heteroatoms. The van der Waals surface area contributed by atoms with E-state index in [9.17, 15) is 0 Å². The van der Waals surface area contributed by atoms with E-state index in [4.69, 9.17) is 0 Å². The van der Waals surface area contributed by atoms with E-state index in [2.05, 4.69) is 43.7 Å². The average molecular weight is 297 g/mol. The van der Waals surface area contributed by atoms with Gasteiger partial charge in [0.15, 0.2) is 0 Å². The Balaban J connectivity index is 2.47. The second-order valence-electron chi connectivity index (χ2n) is 4.14. The average Bonchev–Trinajstić information content (AvgIpc) is 2.11. The monoisotopic (exact) mass is 297 g/mol. The molecule has 1 aliphatic heterocycles. The third-order valence-corrected chi connectivity index (χ3v) is 3.42. The lowest BCUT2D eigenvalue weighted by Gasteiger charge is -2.40. The minimum Gasteiger partial charge on any atom is -0.319 e. The Morgan fingerprint density at radius 1 is 1.31 bits per heavy atom. The third kappa shape index (κ3) is 3.34. The van der Waals surface area contributed by atoms with Crippen LogP contribution >= 0.6 is 22.9 Å². The molecule has 0 aromatic heterocycles. The normalized spacial score (nSPS) is 23.3. The van der Waals surface area contributed by atoms with Crippen LogP contribution in [0.2, 0.25) is 0 Å². The molecule has 1 heterocycles. The summed E-state index contributed by atoms with van der Waals surface area (Å²) in [4.78, 5) is 2.42. The lowest BCUT2D eigenvalue weighted by atomic mass is 9.78. The van der Waals surface area contributed by atoms with Crippen molar-refractivity contribution in [3.8, 4) is 0 Å². The molecule has 0 radical (unpaired) electrons. The van der Waals surface area contributed by atoms with E-state index < -0.39 is 0 Å². The SMILES string of the molecule is CNCC1(CNI)CCN(C)CC1. The summed E-state index contributed by atoms with van der Waals surface area (Å²) < 4.78 is 3.29. The van der Waals surface area contributed by atoms with Gasteiger partial charge in [-0.2, -0.15) is 0 Å². The molecule has 2 N–H and O–H groups in total. The van der Waals surface area contributed by atoms with E-state index in [1.165, 1.54) is 25.9 Å². The Labute approximate surface area is 95.1 Å². The van der Waals surface area contributed by atoms with Gasteiger partial charge < -0.3 is 10.2 Å². The van der Waals surface area contributed by atoms with Gasteiger partial charge in [0, 0.05) is 36.0 Å². The minimum absolute atomic E-state index is 0.489. The van der Waals surface area contributed by atoms with Crippen LogP contribution in [0.25, 0.3) is 0 Å². The highest BCUT2D eigenvalue weighted by atomic mass is 127. The van der Waals surface area contributed by atoms with Crippen molar-refractivity contribution >= 4 is 22.9 Å². The fourth-order valence-electron chi connectivity index (χ4n) is 2.03. The molecule has 1 rings (SSSR count). The van der Waals surface area contributed by atoms with Crippen LogP contribution in [0.15, 0.2) is 0 Å². The first-order chi connectivity index (χ1) is 6.22. The van der Waals surface area contributed by atoms with Crippen LogP contribution < -0.4 is 8.85 Å². The van der Waals surface area contributed by atoms with E-state index in [-0.39, 0.29) is 0 Å². The zero-order chi connectivity index (χ0) is 9.73. The van der Waals surface area contributed by atoms with Crippen molar-refractivity contribution in [3.63, 3.8) is 0 Å². The zero-order valence-electron chi connectivity index (χ0n) is 8.57. The Morgan fingerprint density at radius 2 is 1.92 bits per heavy atom. The fraction of sp³-hybridized carbons (Fsp3) is 1.00. The van der Waals surface area contributed by atoms with Crippen LogP contribution in [0.4, 0.5) is 0 Å².